The predicted molar refractivity (Wildman–Crippen MR) is 86.0 cm³/mol. The number of benzene rings is 2. The SMILES string of the molecule is COC(=S)c1ccccc1-c1c(Cl)ccc(C(F)(F)F)c1C=O. The van der Waals surface area contributed by atoms with Crippen molar-refractivity contribution in [1.82, 2.24) is 0 Å². The monoisotopic (exact) mass is 358 g/mol. The van der Waals surface area contributed by atoms with Gasteiger partial charge in [0.2, 0.25) is 0 Å². The van der Waals surface area contributed by atoms with Crippen LogP contribution in [-0.2, 0) is 10.9 Å². The molecule has 2 aromatic rings. The van der Waals surface area contributed by atoms with E-state index in [4.69, 9.17) is 28.6 Å². The highest BCUT2D eigenvalue weighted by molar-refractivity contribution is 7.80. The van der Waals surface area contributed by atoms with Crippen molar-refractivity contribution in [2.75, 3.05) is 7.11 Å². The summed E-state index contributed by atoms with van der Waals surface area (Å²) in [6, 6.07) is 8.29. The highest BCUT2D eigenvalue weighted by Crippen LogP contribution is 2.40. The second-order valence-corrected chi connectivity index (χ2v) is 5.31. The van der Waals surface area contributed by atoms with Gasteiger partial charge in [0.1, 0.15) is 0 Å². The van der Waals surface area contributed by atoms with E-state index in [1.165, 1.54) is 13.2 Å². The Morgan fingerprint density at radius 2 is 1.87 bits per heavy atom. The molecule has 0 amide bonds. The zero-order valence-electron chi connectivity index (χ0n) is 11.8. The molecule has 0 heterocycles. The van der Waals surface area contributed by atoms with Crippen LogP contribution in [0.2, 0.25) is 5.02 Å². The van der Waals surface area contributed by atoms with E-state index in [0.29, 0.717) is 11.1 Å². The molecule has 2 aromatic carbocycles. The van der Waals surface area contributed by atoms with Gasteiger partial charge in [0, 0.05) is 21.7 Å². The molecule has 0 atom stereocenters. The molecule has 23 heavy (non-hydrogen) atoms. The Hall–Kier alpha value is -1.92. The van der Waals surface area contributed by atoms with Gasteiger partial charge in [-0.15, -0.1) is 0 Å². The molecule has 0 aromatic heterocycles. The number of aldehydes is 1. The summed E-state index contributed by atoms with van der Waals surface area (Å²) in [7, 11) is 1.35. The van der Waals surface area contributed by atoms with Gasteiger partial charge in [-0.05, 0) is 36.0 Å². The molecule has 0 spiro atoms. The topological polar surface area (TPSA) is 26.3 Å². The highest BCUT2D eigenvalue weighted by Gasteiger charge is 2.35. The quantitative estimate of drug-likeness (QED) is 0.560. The van der Waals surface area contributed by atoms with Gasteiger partial charge in [-0.3, -0.25) is 4.79 Å². The molecule has 0 bridgehead atoms. The molecule has 0 radical (unpaired) electrons. The summed E-state index contributed by atoms with van der Waals surface area (Å²) < 4.78 is 44.4. The van der Waals surface area contributed by atoms with Gasteiger partial charge in [0.05, 0.1) is 12.7 Å². The lowest BCUT2D eigenvalue weighted by Crippen LogP contribution is -2.11. The minimum atomic E-state index is -4.67. The fraction of sp³-hybridized carbons (Fsp3) is 0.125. The normalized spacial score (nSPS) is 11.2. The van der Waals surface area contributed by atoms with Crippen molar-refractivity contribution < 1.29 is 22.7 Å². The average molecular weight is 359 g/mol. The van der Waals surface area contributed by atoms with Crippen LogP contribution in [0, 0.1) is 0 Å². The van der Waals surface area contributed by atoms with Gasteiger partial charge < -0.3 is 4.74 Å². The molecule has 0 N–H and O–H groups in total. The molecule has 7 heteroatoms. The number of ether oxygens (including phenoxy) is 1. The Balaban J connectivity index is 2.84. The van der Waals surface area contributed by atoms with Crippen LogP contribution in [0.3, 0.4) is 0 Å². The van der Waals surface area contributed by atoms with Crippen LogP contribution >= 0.6 is 23.8 Å². The van der Waals surface area contributed by atoms with Crippen molar-refractivity contribution in [1.29, 1.82) is 0 Å². The van der Waals surface area contributed by atoms with Crippen LogP contribution in [-0.4, -0.2) is 18.4 Å². The maximum Gasteiger partial charge on any atom is 0.417 e. The van der Waals surface area contributed by atoms with E-state index in [1.54, 1.807) is 18.2 Å². The van der Waals surface area contributed by atoms with Gasteiger partial charge in [0.15, 0.2) is 11.3 Å². The second kappa shape index (κ2) is 6.68. The Kier molecular flexibility index (Phi) is 5.06. The number of methoxy groups -OCH3 is 1. The minimum absolute atomic E-state index is 0.0199. The maximum absolute atomic E-state index is 13.1. The van der Waals surface area contributed by atoms with Crippen LogP contribution in [0.1, 0.15) is 21.5 Å². The third-order valence-corrected chi connectivity index (χ3v) is 3.92. The first kappa shape index (κ1) is 17.4. The summed E-state index contributed by atoms with van der Waals surface area (Å²) in [4.78, 5) is 11.3. The van der Waals surface area contributed by atoms with E-state index in [-0.39, 0.29) is 21.9 Å². The Morgan fingerprint density at radius 1 is 1.22 bits per heavy atom. The smallest absolute Gasteiger partial charge is 0.417 e. The number of hydrogen-bond donors (Lipinski definition) is 0. The predicted octanol–water partition coefficient (Wildman–Crippen LogP) is 5.16. The van der Waals surface area contributed by atoms with E-state index in [0.717, 1.165) is 12.1 Å². The molecule has 0 aliphatic rings. The summed E-state index contributed by atoms with van der Waals surface area (Å²) in [6.07, 6.45) is -4.52. The molecular weight excluding hydrogens is 349 g/mol. The second-order valence-electron chi connectivity index (χ2n) is 4.54. The fourth-order valence-corrected chi connectivity index (χ4v) is 2.67. The first-order valence-electron chi connectivity index (χ1n) is 6.33. The molecule has 0 fully saturated rings. The maximum atomic E-state index is 13.1. The lowest BCUT2D eigenvalue weighted by molar-refractivity contribution is -0.137. The number of thiocarbonyl (C=S) groups is 1. The average Bonchev–Trinajstić information content (AvgIpc) is 2.52. The fourth-order valence-electron chi connectivity index (χ4n) is 2.23. The van der Waals surface area contributed by atoms with E-state index < -0.39 is 17.3 Å². The first-order chi connectivity index (χ1) is 10.8. The molecule has 2 nitrogen and oxygen atoms in total. The third kappa shape index (κ3) is 3.38. The Morgan fingerprint density at radius 3 is 2.43 bits per heavy atom. The van der Waals surface area contributed by atoms with Crippen molar-refractivity contribution in [2.45, 2.75) is 6.18 Å². The molecule has 0 unspecified atom stereocenters. The Labute approximate surface area is 140 Å². The lowest BCUT2D eigenvalue weighted by Gasteiger charge is -2.17. The summed E-state index contributed by atoms with van der Waals surface area (Å²) in [5.74, 6) is 0. The molecular formula is C16H10ClF3O2S. The van der Waals surface area contributed by atoms with Crippen molar-refractivity contribution in [3.05, 3.63) is 58.1 Å². The molecule has 0 saturated carbocycles. The van der Waals surface area contributed by atoms with Crippen LogP contribution in [0.15, 0.2) is 36.4 Å². The summed E-state index contributed by atoms with van der Waals surface area (Å²) in [5, 5.41) is 0.109. The minimum Gasteiger partial charge on any atom is -0.486 e. The van der Waals surface area contributed by atoms with E-state index >= 15 is 0 Å². The molecule has 2 rings (SSSR count). The third-order valence-electron chi connectivity index (χ3n) is 3.22. The summed E-state index contributed by atoms with van der Waals surface area (Å²) in [6.45, 7) is 0. The number of hydrogen-bond acceptors (Lipinski definition) is 3. The van der Waals surface area contributed by atoms with Crippen molar-refractivity contribution >= 4 is 35.2 Å². The zero-order chi connectivity index (χ0) is 17.2. The standard InChI is InChI=1S/C16H10ClF3O2S/c1-22-15(23)10-5-3-2-4-9(10)14-11(8-21)12(16(18,19)20)6-7-13(14)17/h2-8H,1H3. The van der Waals surface area contributed by atoms with E-state index in [2.05, 4.69) is 0 Å². The van der Waals surface area contributed by atoms with Crippen LogP contribution < -0.4 is 0 Å². The van der Waals surface area contributed by atoms with Crippen LogP contribution in [0.5, 0.6) is 0 Å². The van der Waals surface area contributed by atoms with Crippen LogP contribution in [0.4, 0.5) is 13.2 Å². The molecule has 0 saturated heterocycles. The number of carbonyl (C=O) groups excluding carboxylic acids is 1. The van der Waals surface area contributed by atoms with Crippen molar-refractivity contribution in [2.24, 2.45) is 0 Å². The van der Waals surface area contributed by atoms with Crippen molar-refractivity contribution in [3.63, 3.8) is 0 Å². The van der Waals surface area contributed by atoms with E-state index in [1.807, 2.05) is 0 Å². The number of rotatable bonds is 3. The summed E-state index contributed by atoms with van der Waals surface area (Å²) >= 11 is 11.1. The van der Waals surface area contributed by atoms with Gasteiger partial charge in [-0.25, -0.2) is 0 Å². The largest absolute Gasteiger partial charge is 0.486 e. The highest BCUT2D eigenvalue weighted by atomic mass is 35.5. The lowest BCUT2D eigenvalue weighted by atomic mass is 9.92. The van der Waals surface area contributed by atoms with E-state index in [9.17, 15) is 18.0 Å². The number of halogens is 4. The first-order valence-corrected chi connectivity index (χ1v) is 7.12. The number of carbonyl (C=O) groups is 1. The van der Waals surface area contributed by atoms with Gasteiger partial charge in [-0.2, -0.15) is 13.2 Å². The molecule has 120 valence electrons. The summed E-state index contributed by atoms with van der Waals surface area (Å²) in [5.41, 5.74) is -0.917. The van der Waals surface area contributed by atoms with Crippen molar-refractivity contribution in [3.8, 4) is 11.1 Å². The van der Waals surface area contributed by atoms with Crippen LogP contribution in [0.25, 0.3) is 11.1 Å². The molecule has 0 aliphatic heterocycles. The van der Waals surface area contributed by atoms with Gasteiger partial charge in [-0.1, -0.05) is 29.8 Å². The van der Waals surface area contributed by atoms with Gasteiger partial charge >= 0.3 is 6.18 Å². The zero-order valence-corrected chi connectivity index (χ0v) is 13.4. The Bertz CT molecular complexity index is 772. The number of alkyl halides is 3. The van der Waals surface area contributed by atoms with Gasteiger partial charge in [0.25, 0.3) is 0 Å². The molecule has 0 aliphatic carbocycles.